The Hall–Kier alpha value is -1.13. The maximum Gasteiger partial charge on any atom is 0.142 e. The predicted molar refractivity (Wildman–Crippen MR) is 77.5 cm³/mol. The highest BCUT2D eigenvalue weighted by Gasteiger charge is 2.10. The molecule has 0 aromatic carbocycles. The second-order valence-corrected chi connectivity index (χ2v) is 5.31. The van der Waals surface area contributed by atoms with Gasteiger partial charge in [-0.15, -0.1) is 0 Å². The average molecular weight is 266 g/mol. The molecule has 0 fully saturated rings. The van der Waals surface area contributed by atoms with Crippen molar-refractivity contribution in [3.63, 3.8) is 0 Å². The number of ether oxygens (including phenoxy) is 2. The van der Waals surface area contributed by atoms with E-state index in [1.165, 1.54) is 0 Å². The van der Waals surface area contributed by atoms with E-state index in [9.17, 15) is 0 Å². The van der Waals surface area contributed by atoms with Crippen molar-refractivity contribution in [3.05, 3.63) is 23.5 Å². The molecule has 0 radical (unpaired) electrons. The minimum atomic E-state index is 0.0263. The highest BCUT2D eigenvalue weighted by Crippen LogP contribution is 2.18. The van der Waals surface area contributed by atoms with Crippen LogP contribution in [0.15, 0.2) is 12.1 Å². The Morgan fingerprint density at radius 1 is 1.26 bits per heavy atom. The number of methoxy groups -OCH3 is 1. The van der Waals surface area contributed by atoms with E-state index in [0.717, 1.165) is 30.2 Å². The van der Waals surface area contributed by atoms with Crippen LogP contribution in [0, 0.1) is 12.8 Å². The van der Waals surface area contributed by atoms with Crippen LogP contribution in [0.25, 0.3) is 0 Å². The van der Waals surface area contributed by atoms with Gasteiger partial charge in [-0.25, -0.2) is 0 Å². The molecule has 1 N–H and O–H groups in total. The fourth-order valence-electron chi connectivity index (χ4n) is 1.80. The molecule has 19 heavy (non-hydrogen) atoms. The van der Waals surface area contributed by atoms with Crippen LogP contribution >= 0.6 is 0 Å². The molecule has 0 saturated heterocycles. The molecule has 0 spiro atoms. The number of pyridine rings is 1. The fraction of sp³-hybridized carbons (Fsp3) is 0.667. The molecule has 1 heterocycles. The van der Waals surface area contributed by atoms with E-state index in [-0.39, 0.29) is 6.10 Å². The lowest BCUT2D eigenvalue weighted by Gasteiger charge is -2.17. The van der Waals surface area contributed by atoms with Gasteiger partial charge in [-0.1, -0.05) is 13.8 Å². The van der Waals surface area contributed by atoms with E-state index in [1.807, 2.05) is 26.0 Å². The number of nitrogens with one attached hydrogen (secondary N) is 1. The molecule has 108 valence electrons. The summed E-state index contributed by atoms with van der Waals surface area (Å²) in [4.78, 5) is 4.55. The average Bonchev–Trinajstić information content (AvgIpc) is 2.32. The molecule has 4 heteroatoms. The summed E-state index contributed by atoms with van der Waals surface area (Å²) in [5, 5.41) is 3.40. The van der Waals surface area contributed by atoms with Crippen molar-refractivity contribution < 1.29 is 9.47 Å². The number of hydrogen-bond donors (Lipinski definition) is 1. The number of aromatic nitrogens is 1. The largest absolute Gasteiger partial charge is 0.486 e. The lowest BCUT2D eigenvalue weighted by molar-refractivity contribution is 0.0909. The Balaban J connectivity index is 2.68. The first kappa shape index (κ1) is 15.9. The smallest absolute Gasteiger partial charge is 0.142 e. The van der Waals surface area contributed by atoms with Gasteiger partial charge in [-0.05, 0) is 38.4 Å². The summed E-state index contributed by atoms with van der Waals surface area (Å²) in [7, 11) is 1.68. The van der Waals surface area contributed by atoms with Crippen molar-refractivity contribution in [3.8, 4) is 5.75 Å². The Morgan fingerprint density at radius 2 is 2.00 bits per heavy atom. The Labute approximate surface area is 116 Å². The molecule has 4 nitrogen and oxygen atoms in total. The van der Waals surface area contributed by atoms with Crippen LogP contribution in [0.2, 0.25) is 0 Å². The summed E-state index contributed by atoms with van der Waals surface area (Å²) >= 11 is 0. The standard InChI is InChI=1S/C15H26N2O2/c1-11(2)8-16-9-14-15(7-6-12(3)17-14)19-13(4)10-18-5/h6-7,11,13,16H,8-10H2,1-5H3. The molecule has 1 aromatic heterocycles. The van der Waals surface area contributed by atoms with Crippen molar-refractivity contribution in [1.82, 2.24) is 10.3 Å². The van der Waals surface area contributed by atoms with Crippen LogP contribution in [-0.2, 0) is 11.3 Å². The van der Waals surface area contributed by atoms with Gasteiger partial charge in [0, 0.05) is 19.3 Å². The van der Waals surface area contributed by atoms with Gasteiger partial charge in [0.2, 0.25) is 0 Å². The van der Waals surface area contributed by atoms with E-state index in [0.29, 0.717) is 12.5 Å². The van der Waals surface area contributed by atoms with Gasteiger partial charge in [0.05, 0.1) is 12.3 Å². The highest BCUT2D eigenvalue weighted by molar-refractivity contribution is 5.29. The number of hydrogen-bond acceptors (Lipinski definition) is 4. The number of rotatable bonds is 8. The van der Waals surface area contributed by atoms with E-state index in [4.69, 9.17) is 9.47 Å². The van der Waals surface area contributed by atoms with Crippen LogP contribution in [0.1, 0.15) is 32.2 Å². The van der Waals surface area contributed by atoms with E-state index < -0.39 is 0 Å². The maximum atomic E-state index is 5.87. The lowest BCUT2D eigenvalue weighted by atomic mass is 10.2. The van der Waals surface area contributed by atoms with Crippen LogP contribution in [0.3, 0.4) is 0 Å². The minimum Gasteiger partial charge on any atom is -0.486 e. The SMILES string of the molecule is COCC(C)Oc1ccc(C)nc1CNCC(C)C. The fourth-order valence-corrected chi connectivity index (χ4v) is 1.80. The maximum absolute atomic E-state index is 5.87. The van der Waals surface area contributed by atoms with E-state index >= 15 is 0 Å². The third-order valence-electron chi connectivity index (χ3n) is 2.65. The summed E-state index contributed by atoms with van der Waals surface area (Å²) in [5.41, 5.74) is 1.97. The minimum absolute atomic E-state index is 0.0263. The summed E-state index contributed by atoms with van der Waals surface area (Å²) in [6, 6.07) is 3.96. The quantitative estimate of drug-likeness (QED) is 0.785. The van der Waals surface area contributed by atoms with Gasteiger partial charge in [0.25, 0.3) is 0 Å². The molecule has 1 unspecified atom stereocenters. The zero-order valence-electron chi connectivity index (χ0n) is 12.7. The van der Waals surface area contributed by atoms with Gasteiger partial charge in [-0.2, -0.15) is 0 Å². The predicted octanol–water partition coefficient (Wildman–Crippen LogP) is 2.55. The molecule has 0 aliphatic heterocycles. The number of nitrogens with zero attached hydrogens (tertiary/aromatic N) is 1. The van der Waals surface area contributed by atoms with Crippen molar-refractivity contribution in [2.24, 2.45) is 5.92 Å². The molecule has 1 aromatic rings. The van der Waals surface area contributed by atoms with Gasteiger partial charge < -0.3 is 14.8 Å². The zero-order chi connectivity index (χ0) is 14.3. The zero-order valence-corrected chi connectivity index (χ0v) is 12.7. The normalized spacial score (nSPS) is 12.7. The Bertz CT molecular complexity index is 380. The first-order chi connectivity index (χ1) is 9.02. The van der Waals surface area contributed by atoms with E-state index in [1.54, 1.807) is 7.11 Å². The number of aryl methyl sites for hydroxylation is 1. The molecular formula is C15H26N2O2. The molecule has 0 aliphatic carbocycles. The molecule has 0 aliphatic rings. The third kappa shape index (κ3) is 6.03. The highest BCUT2D eigenvalue weighted by atomic mass is 16.5. The summed E-state index contributed by atoms with van der Waals surface area (Å²) in [6.07, 6.45) is 0.0263. The summed E-state index contributed by atoms with van der Waals surface area (Å²) in [5.74, 6) is 1.47. The second kappa shape index (κ2) is 8.12. The van der Waals surface area contributed by atoms with Crippen molar-refractivity contribution in [2.75, 3.05) is 20.3 Å². The van der Waals surface area contributed by atoms with Crippen molar-refractivity contribution in [1.29, 1.82) is 0 Å². The van der Waals surface area contributed by atoms with Gasteiger partial charge in [-0.3, -0.25) is 4.98 Å². The second-order valence-electron chi connectivity index (χ2n) is 5.31. The topological polar surface area (TPSA) is 43.4 Å². The summed E-state index contributed by atoms with van der Waals surface area (Å²) in [6.45, 7) is 10.6. The first-order valence-corrected chi connectivity index (χ1v) is 6.85. The Kier molecular flexibility index (Phi) is 6.81. The molecule has 0 bridgehead atoms. The molecule has 1 rings (SSSR count). The molecule has 0 amide bonds. The third-order valence-corrected chi connectivity index (χ3v) is 2.65. The van der Waals surface area contributed by atoms with Crippen LogP contribution in [0.4, 0.5) is 0 Å². The lowest BCUT2D eigenvalue weighted by Crippen LogP contribution is -2.23. The monoisotopic (exact) mass is 266 g/mol. The van der Waals surface area contributed by atoms with E-state index in [2.05, 4.69) is 24.1 Å². The van der Waals surface area contributed by atoms with Gasteiger partial charge >= 0.3 is 0 Å². The molecule has 0 saturated carbocycles. The van der Waals surface area contributed by atoms with Crippen LogP contribution in [0.5, 0.6) is 5.75 Å². The van der Waals surface area contributed by atoms with Crippen LogP contribution in [-0.4, -0.2) is 31.3 Å². The van der Waals surface area contributed by atoms with Crippen molar-refractivity contribution in [2.45, 2.75) is 40.3 Å². The summed E-state index contributed by atoms with van der Waals surface area (Å²) < 4.78 is 11.0. The first-order valence-electron chi connectivity index (χ1n) is 6.85. The molecular weight excluding hydrogens is 240 g/mol. The molecule has 1 atom stereocenters. The van der Waals surface area contributed by atoms with Crippen molar-refractivity contribution >= 4 is 0 Å². The van der Waals surface area contributed by atoms with Gasteiger partial charge in [0.15, 0.2) is 0 Å². The van der Waals surface area contributed by atoms with Crippen LogP contribution < -0.4 is 10.1 Å². The van der Waals surface area contributed by atoms with Gasteiger partial charge in [0.1, 0.15) is 11.9 Å². The Morgan fingerprint density at radius 3 is 2.63 bits per heavy atom.